The molecule has 29 heavy (non-hydrogen) atoms. The van der Waals surface area contributed by atoms with Gasteiger partial charge in [-0.1, -0.05) is 18.0 Å². The van der Waals surface area contributed by atoms with Crippen molar-refractivity contribution in [3.05, 3.63) is 24.0 Å². The van der Waals surface area contributed by atoms with Crippen LogP contribution in [0.3, 0.4) is 0 Å². The van der Waals surface area contributed by atoms with Crippen molar-refractivity contribution < 1.29 is 17.3 Å². The van der Waals surface area contributed by atoms with Crippen molar-refractivity contribution in [2.75, 3.05) is 44.2 Å². The second-order valence-corrected chi connectivity index (χ2v) is 9.10. The zero-order valence-electron chi connectivity index (χ0n) is 16.6. The second kappa shape index (κ2) is 9.40. The molecule has 0 amide bonds. The number of benzene rings is 1. The number of rotatable bonds is 7. The Kier molecular flexibility index (Phi) is 6.67. The number of hydrogen-bond acceptors (Lipinski definition) is 6. The molecule has 1 aliphatic carbocycles. The molecule has 1 aromatic carbocycles. The van der Waals surface area contributed by atoms with E-state index in [9.17, 15) is 12.8 Å². The van der Waals surface area contributed by atoms with Gasteiger partial charge >= 0.3 is 0 Å². The molecule has 1 saturated carbocycles. The minimum atomic E-state index is -2.47. The van der Waals surface area contributed by atoms with Gasteiger partial charge in [0, 0.05) is 32.7 Å². The normalized spacial score (nSPS) is 23.9. The summed E-state index contributed by atoms with van der Waals surface area (Å²) in [6.07, 6.45) is 5.82. The summed E-state index contributed by atoms with van der Waals surface area (Å²) in [7, 11) is -2.47. The molecule has 1 aliphatic heterocycles. The smallest absolute Gasteiger partial charge is 0.201 e. The topological polar surface area (TPSA) is 78.7 Å². The Morgan fingerprint density at radius 2 is 1.83 bits per heavy atom. The van der Waals surface area contributed by atoms with Gasteiger partial charge in [0.25, 0.3) is 0 Å². The van der Waals surface area contributed by atoms with E-state index in [1.165, 1.54) is 31.4 Å². The Balaban J connectivity index is 1.20. The van der Waals surface area contributed by atoms with Gasteiger partial charge in [-0.15, -0.1) is 0 Å². The summed E-state index contributed by atoms with van der Waals surface area (Å²) in [6.45, 7) is 5.36. The monoisotopic (exact) mass is 424 g/mol. The lowest BCUT2D eigenvalue weighted by Gasteiger charge is -2.36. The summed E-state index contributed by atoms with van der Waals surface area (Å²) >= 11 is 0. The van der Waals surface area contributed by atoms with Crippen LogP contribution in [0.15, 0.2) is 22.7 Å². The van der Waals surface area contributed by atoms with Crippen LogP contribution in [-0.4, -0.2) is 57.7 Å². The second-order valence-electron chi connectivity index (χ2n) is 8.27. The third kappa shape index (κ3) is 5.26. The highest BCUT2D eigenvalue weighted by atomic mass is 32.2. The molecule has 0 spiro atoms. The van der Waals surface area contributed by atoms with Gasteiger partial charge in [-0.2, -0.15) is 0 Å². The number of aromatic nitrogens is 1. The summed E-state index contributed by atoms with van der Waals surface area (Å²) in [5.41, 5.74) is 0.622. The van der Waals surface area contributed by atoms with Crippen LogP contribution in [0.5, 0.6) is 0 Å². The quantitative estimate of drug-likeness (QED) is 0.665. The van der Waals surface area contributed by atoms with Crippen LogP contribution in [0.25, 0.3) is 11.0 Å². The molecular weight excluding hydrogens is 395 g/mol. The lowest BCUT2D eigenvalue weighted by atomic mass is 9.80. The van der Waals surface area contributed by atoms with Crippen LogP contribution < -0.4 is 9.62 Å². The lowest BCUT2D eigenvalue weighted by molar-refractivity contribution is 0.204. The van der Waals surface area contributed by atoms with Crippen molar-refractivity contribution in [2.45, 2.75) is 32.1 Å². The Morgan fingerprint density at radius 1 is 1.10 bits per heavy atom. The van der Waals surface area contributed by atoms with Crippen molar-refractivity contribution in [3.8, 4) is 0 Å². The molecule has 0 unspecified atom stereocenters. The van der Waals surface area contributed by atoms with E-state index in [0.29, 0.717) is 18.0 Å². The molecule has 1 aromatic heterocycles. The number of halogens is 1. The molecule has 2 aromatic rings. The molecule has 0 atom stereocenters. The number of piperazine rings is 1. The van der Waals surface area contributed by atoms with E-state index in [-0.39, 0.29) is 5.82 Å². The molecule has 9 heteroatoms. The van der Waals surface area contributed by atoms with Crippen LogP contribution in [0.4, 0.5) is 10.2 Å². The van der Waals surface area contributed by atoms with Crippen molar-refractivity contribution in [2.24, 2.45) is 11.8 Å². The molecule has 2 heterocycles. The fourth-order valence-corrected chi connectivity index (χ4v) is 5.01. The van der Waals surface area contributed by atoms with Gasteiger partial charge in [-0.05, 0) is 55.8 Å². The summed E-state index contributed by atoms with van der Waals surface area (Å²) < 4.78 is 42.8. The van der Waals surface area contributed by atoms with Gasteiger partial charge in [0.05, 0.1) is 5.39 Å². The van der Waals surface area contributed by atoms with Gasteiger partial charge < -0.3 is 9.42 Å². The Labute approximate surface area is 172 Å². The highest BCUT2D eigenvalue weighted by molar-refractivity contribution is 7.70. The first-order chi connectivity index (χ1) is 14.1. The van der Waals surface area contributed by atoms with Crippen LogP contribution in [0.1, 0.15) is 32.1 Å². The van der Waals surface area contributed by atoms with E-state index in [1.54, 1.807) is 6.07 Å². The van der Waals surface area contributed by atoms with Gasteiger partial charge in [0.1, 0.15) is 5.82 Å². The van der Waals surface area contributed by atoms with E-state index in [1.807, 2.05) is 0 Å². The molecule has 0 bridgehead atoms. The molecule has 1 saturated heterocycles. The Morgan fingerprint density at radius 3 is 2.55 bits per heavy atom. The maximum absolute atomic E-state index is 13.6. The molecule has 7 nitrogen and oxygen atoms in total. The van der Waals surface area contributed by atoms with Crippen LogP contribution in [0, 0.1) is 17.7 Å². The molecule has 1 N–H and O–H groups in total. The Hall–Kier alpha value is -1.71. The first kappa shape index (κ1) is 20.6. The average Bonchev–Trinajstić information content (AvgIpc) is 3.15. The number of fused-ring (bicyclic) bond motifs is 1. The van der Waals surface area contributed by atoms with E-state index in [2.05, 4.69) is 19.7 Å². The van der Waals surface area contributed by atoms with Gasteiger partial charge in [0.2, 0.25) is 10.9 Å². The summed E-state index contributed by atoms with van der Waals surface area (Å²) in [4.78, 5) is 4.68. The molecular formula is C20H29FN4O3S. The lowest BCUT2D eigenvalue weighted by Crippen LogP contribution is -2.47. The minimum Gasteiger partial charge on any atom is -0.354 e. The molecule has 2 fully saturated rings. The number of thiol groups is 1. The maximum atomic E-state index is 13.6. The highest BCUT2D eigenvalue weighted by Crippen LogP contribution is 2.31. The predicted octanol–water partition coefficient (Wildman–Crippen LogP) is 2.40. The third-order valence-corrected chi connectivity index (χ3v) is 6.85. The van der Waals surface area contributed by atoms with Gasteiger partial charge in [0.15, 0.2) is 11.4 Å². The fourth-order valence-electron chi connectivity index (χ4n) is 4.60. The summed E-state index contributed by atoms with van der Waals surface area (Å²) in [6, 6.07) is 4.52. The maximum Gasteiger partial charge on any atom is 0.201 e. The van der Waals surface area contributed by atoms with Crippen molar-refractivity contribution in [1.29, 1.82) is 0 Å². The van der Waals surface area contributed by atoms with Crippen LogP contribution >= 0.6 is 0 Å². The van der Waals surface area contributed by atoms with Gasteiger partial charge in [-0.25, -0.2) is 17.5 Å². The first-order valence-electron chi connectivity index (χ1n) is 10.5. The minimum absolute atomic E-state index is 0.270. The van der Waals surface area contributed by atoms with E-state index >= 15 is 0 Å². The number of nitrogens with zero attached hydrogens (tertiary/aromatic N) is 3. The van der Waals surface area contributed by atoms with Crippen molar-refractivity contribution in [1.82, 2.24) is 14.8 Å². The largest absolute Gasteiger partial charge is 0.354 e. The molecule has 0 radical (unpaired) electrons. The number of nitrogens with one attached hydrogen (secondary N) is 1. The van der Waals surface area contributed by atoms with Crippen LogP contribution in [-0.2, 0) is 10.9 Å². The Bertz CT molecular complexity index is 879. The first-order valence-corrected chi connectivity index (χ1v) is 11.7. The SMILES string of the molecule is O=[SH](=O)NCC1CCC(CCN2CCN(c3noc4ccc(F)cc34)CC2)CC1. The third-order valence-electron chi connectivity index (χ3n) is 6.41. The summed E-state index contributed by atoms with van der Waals surface area (Å²) in [5, 5.41) is 4.90. The zero-order chi connectivity index (χ0) is 20.2. The highest BCUT2D eigenvalue weighted by Gasteiger charge is 2.24. The summed E-state index contributed by atoms with van der Waals surface area (Å²) in [5.74, 6) is 1.71. The van der Waals surface area contributed by atoms with Crippen molar-refractivity contribution >= 4 is 27.7 Å². The van der Waals surface area contributed by atoms with Gasteiger partial charge in [-0.3, -0.25) is 4.90 Å². The molecule has 4 rings (SSSR count). The number of hydrogen-bond donors (Lipinski definition) is 2. The van der Waals surface area contributed by atoms with E-state index in [0.717, 1.165) is 62.7 Å². The number of anilines is 1. The van der Waals surface area contributed by atoms with E-state index in [4.69, 9.17) is 4.52 Å². The molecule has 2 aliphatic rings. The average molecular weight is 425 g/mol. The van der Waals surface area contributed by atoms with Crippen LogP contribution in [0.2, 0.25) is 0 Å². The van der Waals surface area contributed by atoms with E-state index < -0.39 is 10.9 Å². The standard InChI is InChI=1S/C20H29FN4O3S/c21-17-5-6-19-18(13-17)20(23-28-19)25-11-9-24(10-12-25)8-7-15-1-3-16(4-2-15)14-22-29(26)27/h5-6,13,15-16,29H,1-4,7-12,14H2,(H,22,26,27). The predicted molar refractivity (Wildman–Crippen MR) is 111 cm³/mol. The molecule has 160 valence electrons. The zero-order valence-corrected chi connectivity index (χ0v) is 17.5. The fraction of sp³-hybridized carbons (Fsp3) is 0.650. The van der Waals surface area contributed by atoms with Crippen molar-refractivity contribution in [3.63, 3.8) is 0 Å².